The van der Waals surface area contributed by atoms with Crippen LogP contribution in [0.5, 0.6) is 11.5 Å². The molecule has 1 saturated heterocycles. The smallest absolute Gasteiger partial charge is 0.145 e. The van der Waals surface area contributed by atoms with E-state index in [1.807, 2.05) is 12.1 Å². The molecule has 0 atom stereocenters. The fraction of sp³-hybridized carbons (Fsp3) is 0.538. The number of nitrogens with two attached hydrogens (primary N) is 1. The second-order valence-electron chi connectivity index (χ2n) is 4.27. The predicted octanol–water partition coefficient (Wildman–Crippen LogP) is 2.08. The zero-order valence-corrected chi connectivity index (χ0v) is 10.1. The Balaban J connectivity index is 1.92. The minimum Gasteiger partial charge on any atom is -0.497 e. The van der Waals surface area contributed by atoms with Crippen molar-refractivity contribution in [2.45, 2.75) is 12.8 Å². The Hall–Kier alpha value is -1.42. The highest BCUT2D eigenvalue weighted by Crippen LogP contribution is 2.28. The fourth-order valence-electron chi connectivity index (χ4n) is 1.89. The third kappa shape index (κ3) is 3.27. The van der Waals surface area contributed by atoms with Crippen LogP contribution in [0, 0.1) is 5.92 Å². The number of methoxy groups -OCH3 is 1. The van der Waals surface area contributed by atoms with Gasteiger partial charge in [0.05, 0.1) is 19.4 Å². The predicted molar refractivity (Wildman–Crippen MR) is 66.4 cm³/mol. The average Bonchev–Trinajstić information content (AvgIpc) is 2.39. The van der Waals surface area contributed by atoms with E-state index >= 15 is 0 Å². The van der Waals surface area contributed by atoms with Gasteiger partial charge in [0.2, 0.25) is 0 Å². The lowest BCUT2D eigenvalue weighted by atomic mass is 10.0. The van der Waals surface area contributed by atoms with Crippen molar-refractivity contribution in [3.63, 3.8) is 0 Å². The third-order valence-corrected chi connectivity index (χ3v) is 3.04. The molecule has 0 unspecified atom stereocenters. The van der Waals surface area contributed by atoms with E-state index in [2.05, 4.69) is 0 Å². The van der Waals surface area contributed by atoms with E-state index in [9.17, 15) is 0 Å². The van der Waals surface area contributed by atoms with Crippen LogP contribution in [0.15, 0.2) is 18.2 Å². The van der Waals surface area contributed by atoms with Crippen molar-refractivity contribution < 1.29 is 14.2 Å². The van der Waals surface area contributed by atoms with E-state index in [-0.39, 0.29) is 0 Å². The van der Waals surface area contributed by atoms with Crippen molar-refractivity contribution in [1.82, 2.24) is 0 Å². The highest BCUT2D eigenvalue weighted by Gasteiger charge is 2.15. The number of benzene rings is 1. The molecule has 0 aromatic heterocycles. The van der Waals surface area contributed by atoms with Gasteiger partial charge >= 0.3 is 0 Å². The fourth-order valence-corrected chi connectivity index (χ4v) is 1.89. The van der Waals surface area contributed by atoms with Crippen molar-refractivity contribution in [2.75, 3.05) is 32.7 Å². The van der Waals surface area contributed by atoms with Gasteiger partial charge in [-0.1, -0.05) is 0 Å². The van der Waals surface area contributed by atoms with E-state index in [4.69, 9.17) is 19.9 Å². The molecule has 0 aliphatic carbocycles. The van der Waals surface area contributed by atoms with E-state index in [0.717, 1.165) is 31.8 Å². The van der Waals surface area contributed by atoms with Crippen LogP contribution in [-0.4, -0.2) is 26.9 Å². The number of anilines is 1. The second kappa shape index (κ2) is 5.77. The molecule has 0 saturated carbocycles. The zero-order chi connectivity index (χ0) is 12.1. The molecular weight excluding hydrogens is 218 g/mol. The number of rotatable bonds is 4. The summed E-state index contributed by atoms with van der Waals surface area (Å²) in [4.78, 5) is 0. The maximum absolute atomic E-state index is 5.85. The van der Waals surface area contributed by atoms with Crippen LogP contribution in [0.2, 0.25) is 0 Å². The molecule has 4 heteroatoms. The summed E-state index contributed by atoms with van der Waals surface area (Å²) in [6, 6.07) is 5.46. The zero-order valence-electron chi connectivity index (χ0n) is 10.1. The highest BCUT2D eigenvalue weighted by atomic mass is 16.5. The lowest BCUT2D eigenvalue weighted by molar-refractivity contribution is 0.0498. The Morgan fingerprint density at radius 2 is 2.12 bits per heavy atom. The summed E-state index contributed by atoms with van der Waals surface area (Å²) in [5.41, 5.74) is 6.51. The molecule has 94 valence electrons. The molecule has 0 bridgehead atoms. The van der Waals surface area contributed by atoms with Gasteiger partial charge in [-0.25, -0.2) is 0 Å². The van der Waals surface area contributed by atoms with Crippen LogP contribution < -0.4 is 15.2 Å². The van der Waals surface area contributed by atoms with Crippen LogP contribution in [0.1, 0.15) is 12.8 Å². The lowest BCUT2D eigenvalue weighted by Crippen LogP contribution is -2.21. The van der Waals surface area contributed by atoms with Crippen molar-refractivity contribution >= 4 is 5.69 Å². The molecule has 17 heavy (non-hydrogen) atoms. The van der Waals surface area contributed by atoms with Crippen LogP contribution in [0.25, 0.3) is 0 Å². The third-order valence-electron chi connectivity index (χ3n) is 3.04. The Labute approximate surface area is 102 Å². The molecule has 0 amide bonds. The molecule has 4 nitrogen and oxygen atoms in total. The first-order valence-corrected chi connectivity index (χ1v) is 5.93. The summed E-state index contributed by atoms with van der Waals surface area (Å²) in [5, 5.41) is 0. The minimum atomic E-state index is 0.564. The van der Waals surface area contributed by atoms with Crippen molar-refractivity contribution in [3.05, 3.63) is 18.2 Å². The van der Waals surface area contributed by atoms with Crippen molar-refractivity contribution in [3.8, 4) is 11.5 Å². The van der Waals surface area contributed by atoms with Gasteiger partial charge in [0.1, 0.15) is 11.5 Å². The van der Waals surface area contributed by atoms with E-state index in [1.165, 1.54) is 0 Å². The topological polar surface area (TPSA) is 53.7 Å². The van der Waals surface area contributed by atoms with E-state index < -0.39 is 0 Å². The maximum Gasteiger partial charge on any atom is 0.145 e. The molecular formula is C13H19NO3. The van der Waals surface area contributed by atoms with Crippen LogP contribution in [-0.2, 0) is 4.74 Å². The Morgan fingerprint density at radius 1 is 1.35 bits per heavy atom. The monoisotopic (exact) mass is 237 g/mol. The van der Waals surface area contributed by atoms with Gasteiger partial charge < -0.3 is 19.9 Å². The summed E-state index contributed by atoms with van der Waals surface area (Å²) >= 11 is 0. The molecule has 2 rings (SSSR count). The number of nitrogen functional groups attached to an aromatic ring is 1. The largest absolute Gasteiger partial charge is 0.497 e. The number of ether oxygens (including phenoxy) is 3. The maximum atomic E-state index is 5.85. The average molecular weight is 237 g/mol. The minimum absolute atomic E-state index is 0.564. The first kappa shape index (κ1) is 12.0. The van der Waals surface area contributed by atoms with Crippen molar-refractivity contribution in [2.24, 2.45) is 5.92 Å². The first-order chi connectivity index (χ1) is 8.29. The van der Waals surface area contributed by atoms with E-state index in [0.29, 0.717) is 24.0 Å². The summed E-state index contributed by atoms with van der Waals surface area (Å²) in [7, 11) is 1.63. The van der Waals surface area contributed by atoms with Gasteiger partial charge in [0, 0.05) is 19.3 Å². The van der Waals surface area contributed by atoms with Gasteiger partial charge in [0.15, 0.2) is 0 Å². The van der Waals surface area contributed by atoms with Gasteiger partial charge in [0.25, 0.3) is 0 Å². The Kier molecular flexibility index (Phi) is 4.09. The Morgan fingerprint density at radius 3 is 2.82 bits per heavy atom. The van der Waals surface area contributed by atoms with Gasteiger partial charge in [-0.15, -0.1) is 0 Å². The first-order valence-electron chi connectivity index (χ1n) is 5.93. The molecule has 1 aliphatic rings. The van der Waals surface area contributed by atoms with Gasteiger partial charge in [-0.05, 0) is 30.9 Å². The second-order valence-corrected chi connectivity index (χ2v) is 4.27. The van der Waals surface area contributed by atoms with Crippen LogP contribution in [0.3, 0.4) is 0 Å². The lowest BCUT2D eigenvalue weighted by Gasteiger charge is -2.22. The quantitative estimate of drug-likeness (QED) is 0.815. The SMILES string of the molecule is COc1ccc(N)c(OCC2CCOCC2)c1. The molecule has 2 N–H and O–H groups in total. The standard InChI is InChI=1S/C13H19NO3/c1-15-11-2-3-12(14)13(8-11)17-9-10-4-6-16-7-5-10/h2-3,8,10H,4-7,9,14H2,1H3. The number of hydrogen-bond donors (Lipinski definition) is 1. The summed E-state index contributed by atoms with van der Waals surface area (Å²) in [6.07, 6.45) is 2.12. The highest BCUT2D eigenvalue weighted by molar-refractivity contribution is 5.55. The van der Waals surface area contributed by atoms with Gasteiger partial charge in [-0.3, -0.25) is 0 Å². The molecule has 1 aromatic carbocycles. The van der Waals surface area contributed by atoms with Gasteiger partial charge in [-0.2, -0.15) is 0 Å². The summed E-state index contributed by atoms with van der Waals surface area (Å²) in [5.74, 6) is 2.03. The normalized spacial score (nSPS) is 16.8. The Bertz CT molecular complexity index is 362. The van der Waals surface area contributed by atoms with Crippen LogP contribution >= 0.6 is 0 Å². The molecule has 0 radical (unpaired) electrons. The molecule has 0 spiro atoms. The molecule has 1 aliphatic heterocycles. The summed E-state index contributed by atoms with van der Waals surface area (Å²) < 4.78 is 16.2. The molecule has 1 heterocycles. The summed E-state index contributed by atoms with van der Waals surface area (Å²) in [6.45, 7) is 2.37. The van der Waals surface area contributed by atoms with E-state index in [1.54, 1.807) is 13.2 Å². The number of hydrogen-bond acceptors (Lipinski definition) is 4. The van der Waals surface area contributed by atoms with Crippen molar-refractivity contribution in [1.29, 1.82) is 0 Å². The van der Waals surface area contributed by atoms with Crippen LogP contribution in [0.4, 0.5) is 5.69 Å². The molecule has 1 aromatic rings. The molecule has 1 fully saturated rings.